The Morgan fingerprint density at radius 1 is 1.50 bits per heavy atom. The minimum Gasteiger partial charge on any atom is -0.320 e. The van der Waals surface area contributed by atoms with Gasteiger partial charge in [0.1, 0.15) is 0 Å². The van der Waals surface area contributed by atoms with Gasteiger partial charge in [-0.3, -0.25) is 9.89 Å². The Balaban J connectivity index is 0.00000162. The Kier molecular flexibility index (Phi) is 5.62. The number of carbonyl (C=O) groups excluding carboxylic acids is 1. The molecule has 102 valence electrons. The highest BCUT2D eigenvalue weighted by molar-refractivity contribution is 5.93. The third-order valence-corrected chi connectivity index (χ3v) is 3.31. The Labute approximate surface area is 113 Å². The summed E-state index contributed by atoms with van der Waals surface area (Å²) in [4.78, 5) is 11.4. The summed E-state index contributed by atoms with van der Waals surface area (Å²) >= 11 is 0. The molecular weight excluding hydrogens is 252 g/mol. The maximum Gasteiger partial charge on any atom is 0.242 e. The van der Waals surface area contributed by atoms with Gasteiger partial charge in [0, 0.05) is 17.7 Å². The van der Waals surface area contributed by atoms with Crippen molar-refractivity contribution in [2.75, 3.05) is 5.32 Å². The van der Waals surface area contributed by atoms with Crippen molar-refractivity contribution in [3.05, 3.63) is 11.8 Å². The van der Waals surface area contributed by atoms with Crippen molar-refractivity contribution < 1.29 is 4.79 Å². The largest absolute Gasteiger partial charge is 0.320 e. The van der Waals surface area contributed by atoms with Gasteiger partial charge in [0.15, 0.2) is 5.82 Å². The van der Waals surface area contributed by atoms with E-state index in [2.05, 4.69) is 15.5 Å². The Hall–Kier alpha value is -1.07. The highest BCUT2D eigenvalue weighted by Crippen LogP contribution is 2.32. The number of nitrogens with one attached hydrogen (secondary N) is 2. The van der Waals surface area contributed by atoms with E-state index < -0.39 is 6.04 Å². The molecule has 1 aliphatic rings. The van der Waals surface area contributed by atoms with Crippen molar-refractivity contribution in [1.29, 1.82) is 0 Å². The first-order valence-electron chi connectivity index (χ1n) is 6.28. The first-order chi connectivity index (χ1) is 8.16. The molecule has 0 saturated heterocycles. The molecule has 1 amide bonds. The van der Waals surface area contributed by atoms with E-state index in [9.17, 15) is 4.79 Å². The van der Waals surface area contributed by atoms with E-state index in [1.54, 1.807) is 6.92 Å². The van der Waals surface area contributed by atoms with Gasteiger partial charge < -0.3 is 11.1 Å². The van der Waals surface area contributed by atoms with Crippen LogP contribution in [-0.4, -0.2) is 22.1 Å². The third-order valence-electron chi connectivity index (χ3n) is 3.31. The molecule has 1 saturated carbocycles. The Bertz CT molecular complexity index is 385. The number of carbonyl (C=O) groups is 1. The maximum absolute atomic E-state index is 11.4. The van der Waals surface area contributed by atoms with E-state index in [0.29, 0.717) is 11.7 Å². The van der Waals surface area contributed by atoms with Gasteiger partial charge in [-0.2, -0.15) is 5.10 Å². The van der Waals surface area contributed by atoms with E-state index in [-0.39, 0.29) is 18.3 Å². The van der Waals surface area contributed by atoms with Gasteiger partial charge >= 0.3 is 0 Å². The molecule has 0 aliphatic heterocycles. The summed E-state index contributed by atoms with van der Waals surface area (Å²) in [6.45, 7) is 1.66. The van der Waals surface area contributed by atoms with Crippen molar-refractivity contribution in [2.45, 2.75) is 51.0 Å². The fourth-order valence-corrected chi connectivity index (χ4v) is 2.26. The smallest absolute Gasteiger partial charge is 0.242 e. The van der Waals surface area contributed by atoms with E-state index in [4.69, 9.17) is 5.73 Å². The number of anilines is 1. The van der Waals surface area contributed by atoms with Crippen molar-refractivity contribution >= 4 is 24.1 Å². The molecule has 1 atom stereocenters. The van der Waals surface area contributed by atoms with Gasteiger partial charge in [-0.25, -0.2) is 0 Å². The Morgan fingerprint density at radius 2 is 2.17 bits per heavy atom. The average molecular weight is 273 g/mol. The van der Waals surface area contributed by atoms with E-state index in [1.807, 2.05) is 6.07 Å². The van der Waals surface area contributed by atoms with Crippen LogP contribution in [0.1, 0.15) is 50.6 Å². The lowest BCUT2D eigenvalue weighted by molar-refractivity contribution is -0.117. The highest BCUT2D eigenvalue weighted by atomic mass is 35.5. The molecule has 0 radical (unpaired) electrons. The number of H-pyrrole nitrogens is 1. The van der Waals surface area contributed by atoms with Crippen LogP contribution < -0.4 is 11.1 Å². The second-order valence-electron chi connectivity index (χ2n) is 4.82. The molecule has 2 rings (SSSR count). The molecule has 1 aromatic rings. The summed E-state index contributed by atoms with van der Waals surface area (Å²) in [6, 6.07) is 1.42. The summed E-state index contributed by atoms with van der Waals surface area (Å²) < 4.78 is 0. The third kappa shape index (κ3) is 3.71. The minimum atomic E-state index is -0.509. The van der Waals surface area contributed by atoms with Crippen molar-refractivity contribution in [1.82, 2.24) is 10.2 Å². The van der Waals surface area contributed by atoms with Crippen LogP contribution in [0.3, 0.4) is 0 Å². The van der Waals surface area contributed by atoms with Gasteiger partial charge in [-0.15, -0.1) is 12.4 Å². The molecule has 1 heterocycles. The van der Waals surface area contributed by atoms with Crippen LogP contribution in [0, 0.1) is 0 Å². The molecule has 0 aromatic carbocycles. The quantitative estimate of drug-likeness (QED) is 0.788. The second-order valence-corrected chi connectivity index (χ2v) is 4.82. The predicted molar refractivity (Wildman–Crippen MR) is 73.9 cm³/mol. The average Bonchev–Trinajstić information content (AvgIpc) is 2.78. The topological polar surface area (TPSA) is 83.8 Å². The van der Waals surface area contributed by atoms with Crippen LogP contribution in [-0.2, 0) is 4.79 Å². The first-order valence-corrected chi connectivity index (χ1v) is 6.28. The zero-order valence-electron chi connectivity index (χ0n) is 10.6. The van der Waals surface area contributed by atoms with Gasteiger partial charge in [-0.1, -0.05) is 19.3 Å². The predicted octanol–water partition coefficient (Wildman–Crippen LogP) is 2.16. The van der Waals surface area contributed by atoms with Crippen molar-refractivity contribution in [3.63, 3.8) is 0 Å². The van der Waals surface area contributed by atoms with Crippen molar-refractivity contribution in [3.8, 4) is 0 Å². The summed E-state index contributed by atoms with van der Waals surface area (Å²) in [7, 11) is 0. The molecule has 0 unspecified atom stereocenters. The number of hydrogen-bond acceptors (Lipinski definition) is 3. The van der Waals surface area contributed by atoms with Crippen LogP contribution in [0.2, 0.25) is 0 Å². The normalized spacial score (nSPS) is 17.9. The Morgan fingerprint density at radius 3 is 2.78 bits per heavy atom. The molecule has 1 fully saturated rings. The van der Waals surface area contributed by atoms with Crippen LogP contribution in [0.4, 0.5) is 5.82 Å². The van der Waals surface area contributed by atoms with Crippen molar-refractivity contribution in [2.24, 2.45) is 5.73 Å². The number of rotatable bonds is 3. The number of aromatic nitrogens is 2. The molecule has 1 aromatic heterocycles. The second kappa shape index (κ2) is 6.75. The molecule has 0 spiro atoms. The number of aromatic amines is 1. The molecule has 4 N–H and O–H groups in total. The fourth-order valence-electron chi connectivity index (χ4n) is 2.26. The SMILES string of the molecule is C[C@@H](N)C(=O)Nc1cc(C2CCCCC2)[nH]n1.Cl. The van der Waals surface area contributed by atoms with Gasteiger partial charge in [0.25, 0.3) is 0 Å². The minimum absolute atomic E-state index is 0. The standard InChI is InChI=1S/C12H20N4O.ClH/c1-8(13)12(17)14-11-7-10(15-16-11)9-5-3-2-4-6-9;/h7-9H,2-6,13H2,1H3,(H2,14,15,16,17);1H/t8-;/m1./s1. The number of amides is 1. The summed E-state index contributed by atoms with van der Waals surface area (Å²) in [5.74, 6) is 0.941. The monoisotopic (exact) mass is 272 g/mol. The molecule has 6 heteroatoms. The zero-order chi connectivity index (χ0) is 12.3. The van der Waals surface area contributed by atoms with Crippen LogP contribution in [0.25, 0.3) is 0 Å². The first kappa shape index (κ1) is 15.0. The number of hydrogen-bond donors (Lipinski definition) is 3. The highest BCUT2D eigenvalue weighted by Gasteiger charge is 2.18. The van der Waals surface area contributed by atoms with Crippen LogP contribution in [0.5, 0.6) is 0 Å². The lowest BCUT2D eigenvalue weighted by Crippen LogP contribution is -2.32. The lowest BCUT2D eigenvalue weighted by Gasteiger charge is -2.19. The summed E-state index contributed by atoms with van der Waals surface area (Å²) in [5.41, 5.74) is 6.61. The summed E-state index contributed by atoms with van der Waals surface area (Å²) in [6.07, 6.45) is 6.32. The lowest BCUT2D eigenvalue weighted by atomic mass is 9.87. The molecule has 0 bridgehead atoms. The van der Waals surface area contributed by atoms with Gasteiger partial charge in [-0.05, 0) is 19.8 Å². The molecular formula is C12H21ClN4O. The molecule has 1 aliphatic carbocycles. The van der Waals surface area contributed by atoms with Crippen LogP contribution in [0.15, 0.2) is 6.07 Å². The number of nitrogens with zero attached hydrogens (tertiary/aromatic N) is 1. The fraction of sp³-hybridized carbons (Fsp3) is 0.667. The van der Waals surface area contributed by atoms with E-state index in [1.165, 1.54) is 32.1 Å². The van der Waals surface area contributed by atoms with Crippen LogP contribution >= 0.6 is 12.4 Å². The van der Waals surface area contributed by atoms with Gasteiger partial charge in [0.2, 0.25) is 5.91 Å². The molecule has 18 heavy (non-hydrogen) atoms. The van der Waals surface area contributed by atoms with E-state index in [0.717, 1.165) is 5.69 Å². The van der Waals surface area contributed by atoms with E-state index >= 15 is 0 Å². The van der Waals surface area contributed by atoms with Gasteiger partial charge in [0.05, 0.1) is 6.04 Å². The molecule has 5 nitrogen and oxygen atoms in total. The maximum atomic E-state index is 11.4. The number of nitrogens with two attached hydrogens (primary N) is 1. The summed E-state index contributed by atoms with van der Waals surface area (Å²) in [5, 5.41) is 9.81. The zero-order valence-corrected chi connectivity index (χ0v) is 11.4. The number of halogens is 1.